The summed E-state index contributed by atoms with van der Waals surface area (Å²) in [4.78, 5) is 28.8. The summed E-state index contributed by atoms with van der Waals surface area (Å²) >= 11 is 18.6. The number of anilines is 1. The number of nitrogens with one attached hydrogen (secondary N) is 1. The second-order valence-corrected chi connectivity index (χ2v) is 12.9. The molecule has 3 aromatic carbocycles. The molecule has 0 aliphatic heterocycles. The van der Waals surface area contributed by atoms with Crippen molar-refractivity contribution in [3.8, 4) is 5.75 Å². The molecule has 0 radical (unpaired) electrons. The van der Waals surface area contributed by atoms with Gasteiger partial charge in [0.25, 0.3) is 10.0 Å². The minimum Gasteiger partial charge on any atom is -0.492 e. The van der Waals surface area contributed by atoms with E-state index in [9.17, 15) is 18.0 Å². The average Bonchev–Trinajstić information content (AvgIpc) is 2.93. The van der Waals surface area contributed by atoms with Crippen molar-refractivity contribution < 1.29 is 22.7 Å². The summed E-state index contributed by atoms with van der Waals surface area (Å²) < 4.78 is 34.9. The van der Waals surface area contributed by atoms with E-state index in [4.69, 9.17) is 39.5 Å². The molecule has 0 fully saturated rings. The predicted molar refractivity (Wildman–Crippen MR) is 168 cm³/mol. The molecular weight excluding hydrogens is 621 g/mol. The first-order valence-electron chi connectivity index (χ1n) is 13.4. The minimum atomic E-state index is -4.30. The molecule has 12 heteroatoms. The van der Waals surface area contributed by atoms with Crippen molar-refractivity contribution in [1.29, 1.82) is 0 Å². The number of amides is 2. The molecule has 0 aliphatic rings. The summed E-state index contributed by atoms with van der Waals surface area (Å²) in [7, 11) is -4.30. The van der Waals surface area contributed by atoms with Gasteiger partial charge in [-0.2, -0.15) is 0 Å². The van der Waals surface area contributed by atoms with Crippen LogP contribution in [0.4, 0.5) is 5.69 Å². The van der Waals surface area contributed by atoms with Gasteiger partial charge in [-0.1, -0.05) is 59.9 Å². The quantitative estimate of drug-likeness (QED) is 0.225. The Balaban J connectivity index is 2.14. The van der Waals surface area contributed by atoms with E-state index in [1.165, 1.54) is 29.2 Å². The van der Waals surface area contributed by atoms with Crippen molar-refractivity contribution in [2.45, 2.75) is 57.6 Å². The first-order chi connectivity index (χ1) is 19.9. The molecule has 0 saturated heterocycles. The molecule has 2 amide bonds. The van der Waals surface area contributed by atoms with Crippen molar-refractivity contribution in [3.05, 3.63) is 87.4 Å². The highest BCUT2D eigenvalue weighted by Crippen LogP contribution is 2.33. The van der Waals surface area contributed by atoms with Crippen LogP contribution in [0.1, 0.15) is 39.7 Å². The lowest BCUT2D eigenvalue weighted by Gasteiger charge is -2.34. The van der Waals surface area contributed by atoms with Gasteiger partial charge in [0, 0.05) is 27.7 Å². The highest BCUT2D eigenvalue weighted by atomic mass is 35.5. The van der Waals surface area contributed by atoms with Crippen LogP contribution in [0, 0.1) is 0 Å². The van der Waals surface area contributed by atoms with E-state index in [1.54, 1.807) is 56.3 Å². The van der Waals surface area contributed by atoms with Crippen molar-refractivity contribution in [2.75, 3.05) is 17.5 Å². The van der Waals surface area contributed by atoms with Gasteiger partial charge in [0.1, 0.15) is 18.3 Å². The monoisotopic (exact) mass is 653 g/mol. The summed E-state index contributed by atoms with van der Waals surface area (Å²) in [5.74, 6) is -0.703. The van der Waals surface area contributed by atoms with Crippen LogP contribution in [0.15, 0.2) is 71.6 Å². The first-order valence-corrected chi connectivity index (χ1v) is 16.0. The van der Waals surface area contributed by atoms with Gasteiger partial charge in [0.05, 0.1) is 17.2 Å². The van der Waals surface area contributed by atoms with Gasteiger partial charge in [-0.25, -0.2) is 8.42 Å². The Hall–Kier alpha value is -2.98. The fourth-order valence-corrected chi connectivity index (χ4v) is 6.34. The lowest BCUT2D eigenvalue weighted by atomic mass is 10.1. The van der Waals surface area contributed by atoms with Gasteiger partial charge >= 0.3 is 0 Å². The maximum absolute atomic E-state index is 14.2. The molecule has 8 nitrogen and oxygen atoms in total. The predicted octanol–water partition coefficient (Wildman–Crippen LogP) is 6.57. The summed E-state index contributed by atoms with van der Waals surface area (Å²) in [6.07, 6.45) is 0.273. The summed E-state index contributed by atoms with van der Waals surface area (Å²) in [5, 5.41) is 3.95. The third-order valence-corrected chi connectivity index (χ3v) is 8.90. The lowest BCUT2D eigenvalue weighted by molar-refractivity contribution is -0.140. The summed E-state index contributed by atoms with van der Waals surface area (Å²) in [6, 6.07) is 16.0. The molecular formula is C30H34Cl3N3O5S. The van der Waals surface area contributed by atoms with E-state index in [-0.39, 0.29) is 47.9 Å². The Bertz CT molecular complexity index is 1500. The number of ether oxygens (including phenoxy) is 1. The van der Waals surface area contributed by atoms with Crippen LogP contribution in [-0.2, 0) is 26.2 Å². The van der Waals surface area contributed by atoms with E-state index >= 15 is 0 Å². The number of sulfonamides is 1. The molecule has 1 atom stereocenters. The Morgan fingerprint density at radius 3 is 2.17 bits per heavy atom. The largest absolute Gasteiger partial charge is 0.492 e. The average molecular weight is 655 g/mol. The normalized spacial score (nSPS) is 12.1. The van der Waals surface area contributed by atoms with Crippen LogP contribution in [0.2, 0.25) is 15.1 Å². The van der Waals surface area contributed by atoms with Gasteiger partial charge in [-0.3, -0.25) is 13.9 Å². The molecule has 226 valence electrons. The van der Waals surface area contributed by atoms with Crippen LogP contribution in [0.5, 0.6) is 5.75 Å². The van der Waals surface area contributed by atoms with Gasteiger partial charge in [-0.15, -0.1) is 0 Å². The number of rotatable bonds is 13. The van der Waals surface area contributed by atoms with Gasteiger partial charge < -0.3 is 15.0 Å². The number of hydrogen-bond donors (Lipinski definition) is 1. The SMILES string of the molecule is CCOc1ccccc1N(CC(=O)N(Cc1ccc(Cl)cc1Cl)C(CC)C(=O)NC(C)C)S(=O)(=O)c1ccc(Cl)cc1. The van der Waals surface area contributed by atoms with Crippen molar-refractivity contribution in [2.24, 2.45) is 0 Å². The van der Waals surface area contributed by atoms with Gasteiger partial charge in [-0.05, 0) is 81.3 Å². The second-order valence-electron chi connectivity index (χ2n) is 9.71. The van der Waals surface area contributed by atoms with Gasteiger partial charge in [0.2, 0.25) is 11.8 Å². The van der Waals surface area contributed by atoms with E-state index in [0.29, 0.717) is 20.6 Å². The molecule has 3 aromatic rings. The zero-order chi connectivity index (χ0) is 31.0. The Morgan fingerprint density at radius 2 is 1.57 bits per heavy atom. The zero-order valence-corrected chi connectivity index (χ0v) is 26.9. The number of carbonyl (C=O) groups excluding carboxylic acids is 2. The molecule has 0 saturated carbocycles. The highest BCUT2D eigenvalue weighted by Gasteiger charge is 2.35. The minimum absolute atomic E-state index is 0.0548. The number of benzene rings is 3. The summed E-state index contributed by atoms with van der Waals surface area (Å²) in [6.45, 7) is 6.79. The van der Waals surface area contributed by atoms with Crippen LogP contribution >= 0.6 is 34.8 Å². The molecule has 1 unspecified atom stereocenters. The Morgan fingerprint density at radius 1 is 0.929 bits per heavy atom. The van der Waals surface area contributed by atoms with Gasteiger partial charge in [0.15, 0.2) is 0 Å². The third-order valence-electron chi connectivity index (χ3n) is 6.29. The van der Waals surface area contributed by atoms with E-state index in [0.717, 1.165) is 4.31 Å². The molecule has 3 rings (SSSR count). The second kappa shape index (κ2) is 15.0. The maximum atomic E-state index is 14.2. The molecule has 0 heterocycles. The Labute approximate surface area is 262 Å². The number of para-hydroxylation sites is 2. The van der Waals surface area contributed by atoms with E-state index < -0.39 is 28.5 Å². The van der Waals surface area contributed by atoms with Crippen LogP contribution in [-0.4, -0.2) is 50.4 Å². The molecule has 0 spiro atoms. The molecule has 0 aromatic heterocycles. The topological polar surface area (TPSA) is 96.0 Å². The molecule has 42 heavy (non-hydrogen) atoms. The van der Waals surface area contributed by atoms with Crippen LogP contribution in [0.3, 0.4) is 0 Å². The van der Waals surface area contributed by atoms with Crippen LogP contribution < -0.4 is 14.4 Å². The standard InChI is InChI=1S/C30H34Cl3N3O5S/c1-5-26(30(38)34-20(3)4)35(18-21-11-12-23(32)17-25(21)33)29(37)19-36(27-9-7-8-10-28(27)41-6-2)42(39,40)24-15-13-22(31)14-16-24/h7-17,20,26H,5-6,18-19H2,1-4H3,(H,34,38). The molecule has 1 N–H and O–H groups in total. The smallest absolute Gasteiger partial charge is 0.264 e. The van der Waals surface area contributed by atoms with Crippen molar-refractivity contribution in [1.82, 2.24) is 10.2 Å². The fraction of sp³-hybridized carbons (Fsp3) is 0.333. The Kier molecular flexibility index (Phi) is 11.9. The van der Waals surface area contributed by atoms with Crippen molar-refractivity contribution >= 4 is 62.3 Å². The number of halogens is 3. The number of nitrogens with zero attached hydrogens (tertiary/aromatic N) is 2. The third kappa shape index (κ3) is 8.31. The molecule has 0 bridgehead atoms. The lowest BCUT2D eigenvalue weighted by Crippen LogP contribution is -2.53. The zero-order valence-electron chi connectivity index (χ0n) is 23.8. The number of hydrogen-bond acceptors (Lipinski definition) is 5. The van der Waals surface area contributed by atoms with E-state index in [2.05, 4.69) is 5.32 Å². The molecule has 0 aliphatic carbocycles. The maximum Gasteiger partial charge on any atom is 0.264 e. The van der Waals surface area contributed by atoms with E-state index in [1.807, 2.05) is 13.8 Å². The summed E-state index contributed by atoms with van der Waals surface area (Å²) in [5.41, 5.74) is 0.721. The fourth-order valence-electron chi connectivity index (χ4n) is 4.32. The number of carbonyl (C=O) groups is 2. The van der Waals surface area contributed by atoms with Crippen LogP contribution in [0.25, 0.3) is 0 Å². The first kappa shape index (κ1) is 33.5. The highest BCUT2D eigenvalue weighted by molar-refractivity contribution is 7.92. The van der Waals surface area contributed by atoms with Crippen molar-refractivity contribution in [3.63, 3.8) is 0 Å².